The van der Waals surface area contributed by atoms with Crippen LogP contribution in [0.25, 0.3) is 11.3 Å². The summed E-state index contributed by atoms with van der Waals surface area (Å²) in [5, 5.41) is 19.4. The maximum absolute atomic E-state index is 14.3. The molecule has 0 radical (unpaired) electrons. The van der Waals surface area contributed by atoms with E-state index in [0.29, 0.717) is 6.42 Å². The Morgan fingerprint density at radius 3 is 2.55 bits per heavy atom. The average Bonchev–Trinajstić information content (AvgIpc) is 3.36. The number of aliphatic hydroxyl groups is 1. The second-order valence-corrected chi connectivity index (χ2v) is 10.3. The summed E-state index contributed by atoms with van der Waals surface area (Å²) in [5.41, 5.74) is -2.20. The first-order valence-corrected chi connectivity index (χ1v) is 12.5. The van der Waals surface area contributed by atoms with Crippen LogP contribution in [0, 0.1) is 17.7 Å². The molecule has 2 aromatic heterocycles. The molecule has 9 nitrogen and oxygen atoms in total. The van der Waals surface area contributed by atoms with Crippen LogP contribution < -0.4 is 10.1 Å². The molecule has 38 heavy (non-hydrogen) atoms. The smallest absolute Gasteiger partial charge is 0.417 e. The molecule has 3 N–H and O–H groups in total. The van der Waals surface area contributed by atoms with E-state index in [4.69, 9.17) is 4.74 Å². The van der Waals surface area contributed by atoms with E-state index >= 15 is 0 Å². The number of ether oxygens (including phenoxy) is 1. The van der Waals surface area contributed by atoms with E-state index in [2.05, 4.69) is 20.5 Å². The van der Waals surface area contributed by atoms with Crippen molar-refractivity contribution in [3.63, 3.8) is 0 Å². The predicted molar refractivity (Wildman–Crippen MR) is 128 cm³/mol. The number of H-pyrrole nitrogens is 1. The number of pyridine rings is 1. The minimum absolute atomic E-state index is 0.0368. The number of nitrogens with one attached hydrogen (secondary N) is 2. The summed E-state index contributed by atoms with van der Waals surface area (Å²) < 4.78 is 58.5. The Hall–Kier alpha value is -3.22. The SMILES string of the molecule is COc1cc(-c2cc(C(=O)N3CC(C)C(C(=O)NC4CCC(O)(C(F)(F)F)CC4)CC3C)[nH]n2)c(F)cn1. The molecule has 13 heteroatoms. The Kier molecular flexibility index (Phi) is 7.69. The van der Waals surface area contributed by atoms with Gasteiger partial charge in [0.1, 0.15) is 5.69 Å². The molecule has 1 aliphatic heterocycles. The third kappa shape index (κ3) is 5.47. The Labute approximate surface area is 217 Å². The monoisotopic (exact) mass is 541 g/mol. The van der Waals surface area contributed by atoms with Crippen LogP contribution in [0.5, 0.6) is 5.88 Å². The van der Waals surface area contributed by atoms with E-state index in [0.717, 1.165) is 6.20 Å². The molecule has 1 aliphatic carbocycles. The number of nitrogens with zero attached hydrogens (tertiary/aromatic N) is 3. The molecular weight excluding hydrogens is 510 g/mol. The number of alkyl halides is 3. The quantitative estimate of drug-likeness (QED) is 0.499. The van der Waals surface area contributed by atoms with Crippen molar-refractivity contribution < 1.29 is 37.0 Å². The third-order valence-corrected chi connectivity index (χ3v) is 7.71. The summed E-state index contributed by atoms with van der Waals surface area (Å²) in [5.74, 6) is -1.66. The molecule has 2 aromatic rings. The number of methoxy groups -OCH3 is 1. The van der Waals surface area contributed by atoms with Gasteiger partial charge in [0, 0.05) is 36.2 Å². The highest BCUT2D eigenvalue weighted by Crippen LogP contribution is 2.41. The van der Waals surface area contributed by atoms with Crippen molar-refractivity contribution in [3.8, 4) is 17.1 Å². The van der Waals surface area contributed by atoms with Gasteiger partial charge in [-0.3, -0.25) is 14.7 Å². The number of carbonyl (C=O) groups excluding carboxylic acids is 2. The van der Waals surface area contributed by atoms with E-state index in [1.165, 1.54) is 19.2 Å². The van der Waals surface area contributed by atoms with Gasteiger partial charge in [0.05, 0.1) is 19.0 Å². The van der Waals surface area contributed by atoms with Gasteiger partial charge in [0.2, 0.25) is 11.8 Å². The number of halogens is 4. The lowest BCUT2D eigenvalue weighted by Gasteiger charge is -2.42. The molecule has 2 amide bonds. The Morgan fingerprint density at radius 1 is 1.24 bits per heavy atom. The second-order valence-electron chi connectivity index (χ2n) is 10.3. The van der Waals surface area contributed by atoms with Gasteiger partial charge in [-0.15, -0.1) is 0 Å². The van der Waals surface area contributed by atoms with Crippen molar-refractivity contribution in [2.24, 2.45) is 11.8 Å². The number of rotatable bonds is 5. The van der Waals surface area contributed by atoms with Gasteiger partial charge in [0.25, 0.3) is 5.91 Å². The molecule has 0 spiro atoms. The number of aromatic nitrogens is 3. The van der Waals surface area contributed by atoms with Gasteiger partial charge in [-0.05, 0) is 51.0 Å². The first kappa shape index (κ1) is 27.8. The molecule has 0 bridgehead atoms. The summed E-state index contributed by atoms with van der Waals surface area (Å²) in [7, 11) is 1.40. The highest BCUT2D eigenvalue weighted by molar-refractivity contribution is 5.94. The molecule has 3 unspecified atom stereocenters. The number of hydrogen-bond acceptors (Lipinski definition) is 6. The zero-order chi connectivity index (χ0) is 27.8. The van der Waals surface area contributed by atoms with Gasteiger partial charge >= 0.3 is 6.18 Å². The van der Waals surface area contributed by atoms with E-state index in [1.807, 2.05) is 13.8 Å². The van der Waals surface area contributed by atoms with Crippen LogP contribution in [0.15, 0.2) is 18.3 Å². The Balaban J connectivity index is 1.37. The van der Waals surface area contributed by atoms with Crippen LogP contribution in [0.3, 0.4) is 0 Å². The van der Waals surface area contributed by atoms with Gasteiger partial charge in [-0.25, -0.2) is 9.37 Å². The molecule has 4 rings (SSSR count). The van der Waals surface area contributed by atoms with Crippen LogP contribution in [0.2, 0.25) is 0 Å². The minimum atomic E-state index is -4.69. The van der Waals surface area contributed by atoms with Crippen LogP contribution >= 0.6 is 0 Å². The molecule has 208 valence electrons. The summed E-state index contributed by atoms with van der Waals surface area (Å²) in [4.78, 5) is 31.7. The van der Waals surface area contributed by atoms with Gasteiger partial charge in [-0.1, -0.05) is 6.92 Å². The van der Waals surface area contributed by atoms with Crippen LogP contribution in [0.4, 0.5) is 17.6 Å². The maximum atomic E-state index is 14.3. The van der Waals surface area contributed by atoms with Crippen molar-refractivity contribution in [2.45, 2.75) is 69.8 Å². The highest BCUT2D eigenvalue weighted by atomic mass is 19.4. The number of aromatic amines is 1. The lowest BCUT2D eigenvalue weighted by molar-refractivity contribution is -0.270. The first-order valence-electron chi connectivity index (χ1n) is 12.5. The molecular formula is C25H31F4N5O4. The molecule has 3 atom stereocenters. The van der Waals surface area contributed by atoms with Crippen LogP contribution in [-0.2, 0) is 4.79 Å². The van der Waals surface area contributed by atoms with Gasteiger partial charge in [-0.2, -0.15) is 18.3 Å². The molecule has 2 fully saturated rings. The molecule has 0 aromatic carbocycles. The van der Waals surface area contributed by atoms with E-state index in [1.54, 1.807) is 4.90 Å². The average molecular weight is 542 g/mol. The first-order chi connectivity index (χ1) is 17.8. The fourth-order valence-electron chi connectivity index (χ4n) is 5.28. The molecule has 1 saturated heterocycles. The minimum Gasteiger partial charge on any atom is -0.481 e. The van der Waals surface area contributed by atoms with Crippen LogP contribution in [0.1, 0.15) is 56.4 Å². The maximum Gasteiger partial charge on any atom is 0.417 e. The number of carbonyl (C=O) groups is 2. The topological polar surface area (TPSA) is 120 Å². The number of hydrogen-bond donors (Lipinski definition) is 3. The van der Waals surface area contributed by atoms with E-state index in [9.17, 15) is 32.3 Å². The summed E-state index contributed by atoms with van der Waals surface area (Å²) >= 11 is 0. The normalized spacial score (nSPS) is 28.2. The number of amides is 2. The van der Waals surface area contributed by atoms with Crippen molar-refractivity contribution in [2.75, 3.05) is 13.7 Å². The summed E-state index contributed by atoms with van der Waals surface area (Å²) in [6.45, 7) is 3.94. The fourth-order valence-corrected chi connectivity index (χ4v) is 5.28. The molecule has 2 aliphatic rings. The second kappa shape index (κ2) is 10.5. The van der Waals surface area contributed by atoms with Crippen molar-refractivity contribution in [1.82, 2.24) is 25.4 Å². The van der Waals surface area contributed by atoms with Crippen molar-refractivity contribution in [1.29, 1.82) is 0 Å². The van der Waals surface area contributed by atoms with Crippen molar-refractivity contribution in [3.05, 3.63) is 29.8 Å². The van der Waals surface area contributed by atoms with Gasteiger partial charge in [0.15, 0.2) is 11.4 Å². The predicted octanol–water partition coefficient (Wildman–Crippen LogP) is 3.46. The summed E-state index contributed by atoms with van der Waals surface area (Å²) in [6.07, 6.45) is -4.15. The Bertz CT molecular complexity index is 1180. The zero-order valence-corrected chi connectivity index (χ0v) is 21.3. The van der Waals surface area contributed by atoms with Gasteiger partial charge < -0.3 is 20.1 Å². The lowest BCUT2D eigenvalue weighted by Crippen LogP contribution is -2.54. The standard InChI is InChI=1S/C25H31F4N5O4/c1-13-12-34(23(36)20-10-19(32-33-20)17-9-21(38-3)30-11-18(17)26)14(2)8-16(13)22(35)31-15-4-6-24(37,7-5-15)25(27,28)29/h9-11,13-16,37H,4-8,12H2,1-3H3,(H,31,35)(H,32,33). The summed E-state index contributed by atoms with van der Waals surface area (Å²) in [6, 6.07) is 2.08. The largest absolute Gasteiger partial charge is 0.481 e. The third-order valence-electron chi connectivity index (χ3n) is 7.71. The van der Waals surface area contributed by atoms with E-state index in [-0.39, 0.29) is 66.0 Å². The highest BCUT2D eigenvalue weighted by Gasteiger charge is 2.54. The fraction of sp³-hybridized carbons (Fsp3) is 0.600. The number of likely N-dealkylation sites (tertiary alicyclic amines) is 1. The van der Waals surface area contributed by atoms with Crippen LogP contribution in [-0.4, -0.2) is 74.5 Å². The zero-order valence-electron chi connectivity index (χ0n) is 21.3. The van der Waals surface area contributed by atoms with Crippen molar-refractivity contribution >= 4 is 11.8 Å². The molecule has 1 saturated carbocycles. The lowest BCUT2D eigenvalue weighted by atomic mass is 9.80. The number of piperidine rings is 1. The van der Waals surface area contributed by atoms with E-state index < -0.39 is 42.4 Å². The molecule has 3 heterocycles. The Morgan fingerprint density at radius 2 is 1.92 bits per heavy atom.